The van der Waals surface area contributed by atoms with Crippen LogP contribution in [0.4, 0.5) is 5.69 Å². The summed E-state index contributed by atoms with van der Waals surface area (Å²) in [5.74, 6) is 1.77. The van der Waals surface area contributed by atoms with Gasteiger partial charge in [-0.1, -0.05) is 30.3 Å². The lowest BCUT2D eigenvalue weighted by Gasteiger charge is -2.15. The fraction of sp³-hybridized carbons (Fsp3) is 0.240. The third kappa shape index (κ3) is 5.84. The Bertz CT molecular complexity index is 970. The van der Waals surface area contributed by atoms with E-state index < -0.39 is 0 Å². The van der Waals surface area contributed by atoms with Crippen LogP contribution in [0.5, 0.6) is 17.2 Å². The fourth-order valence-corrected chi connectivity index (χ4v) is 2.86. The van der Waals surface area contributed by atoms with E-state index in [1.807, 2.05) is 87.5 Å². The summed E-state index contributed by atoms with van der Waals surface area (Å²) in [6.45, 7) is 6.80. The highest BCUT2D eigenvalue weighted by Gasteiger charge is 2.14. The zero-order chi connectivity index (χ0) is 21.3. The monoisotopic (exact) mass is 405 g/mol. The van der Waals surface area contributed by atoms with Gasteiger partial charge in [-0.2, -0.15) is 0 Å². The van der Waals surface area contributed by atoms with Gasteiger partial charge in [0.25, 0.3) is 5.91 Å². The van der Waals surface area contributed by atoms with Gasteiger partial charge in [0.05, 0.1) is 25.0 Å². The second-order valence-electron chi connectivity index (χ2n) is 6.98. The molecule has 3 rings (SSSR count). The lowest BCUT2D eigenvalue weighted by atomic mass is 10.1. The van der Waals surface area contributed by atoms with E-state index >= 15 is 0 Å². The van der Waals surface area contributed by atoms with Crippen LogP contribution in [0, 0.1) is 0 Å². The van der Waals surface area contributed by atoms with E-state index in [2.05, 4.69) is 5.32 Å². The highest BCUT2D eigenvalue weighted by molar-refractivity contribution is 6.05. The van der Waals surface area contributed by atoms with Gasteiger partial charge >= 0.3 is 0 Å². The van der Waals surface area contributed by atoms with Crippen molar-refractivity contribution in [3.63, 3.8) is 0 Å². The first-order chi connectivity index (χ1) is 14.6. The standard InChI is InChI=1S/C25H27NO4/c1-4-28-23-15-14-19(16-20(23)17-29-18(2)3)25(27)26-22-12-8-9-13-24(22)30-21-10-6-5-7-11-21/h5-16,18H,4,17H2,1-3H3,(H,26,27). The van der Waals surface area contributed by atoms with Gasteiger partial charge in [0.15, 0.2) is 5.75 Å². The molecule has 0 aromatic heterocycles. The molecule has 0 bridgehead atoms. The van der Waals surface area contributed by atoms with Gasteiger partial charge in [-0.05, 0) is 63.2 Å². The Morgan fingerprint density at radius 3 is 2.40 bits per heavy atom. The van der Waals surface area contributed by atoms with Crippen molar-refractivity contribution in [1.82, 2.24) is 0 Å². The molecule has 0 saturated carbocycles. The highest BCUT2D eigenvalue weighted by Crippen LogP contribution is 2.30. The Labute approximate surface area is 177 Å². The molecule has 0 saturated heterocycles. The van der Waals surface area contributed by atoms with Crippen molar-refractivity contribution in [3.05, 3.63) is 83.9 Å². The van der Waals surface area contributed by atoms with Crippen molar-refractivity contribution in [2.24, 2.45) is 0 Å². The number of nitrogens with one attached hydrogen (secondary N) is 1. The largest absolute Gasteiger partial charge is 0.494 e. The molecule has 0 spiro atoms. The van der Waals surface area contributed by atoms with E-state index in [0.29, 0.717) is 36.0 Å². The van der Waals surface area contributed by atoms with E-state index in [4.69, 9.17) is 14.2 Å². The normalized spacial score (nSPS) is 10.7. The average Bonchev–Trinajstić information content (AvgIpc) is 2.75. The molecule has 0 aliphatic carbocycles. The maximum atomic E-state index is 12.9. The third-order valence-electron chi connectivity index (χ3n) is 4.30. The number of benzene rings is 3. The number of amides is 1. The van der Waals surface area contributed by atoms with Crippen LogP contribution in [0.3, 0.4) is 0 Å². The number of rotatable bonds is 9. The molecule has 0 aliphatic heterocycles. The Kier molecular flexibility index (Phi) is 7.46. The number of hydrogen-bond donors (Lipinski definition) is 1. The molecule has 3 aromatic carbocycles. The summed E-state index contributed by atoms with van der Waals surface area (Å²) in [6, 6.07) is 22.2. The van der Waals surface area contributed by atoms with Crippen LogP contribution in [0.1, 0.15) is 36.7 Å². The molecular weight excluding hydrogens is 378 g/mol. The minimum Gasteiger partial charge on any atom is -0.494 e. The zero-order valence-corrected chi connectivity index (χ0v) is 17.6. The van der Waals surface area contributed by atoms with Gasteiger partial charge in [0.2, 0.25) is 0 Å². The minimum atomic E-state index is -0.229. The maximum Gasteiger partial charge on any atom is 0.255 e. The van der Waals surface area contributed by atoms with Crippen LogP contribution in [-0.4, -0.2) is 18.6 Å². The van der Waals surface area contributed by atoms with Crippen molar-refractivity contribution in [3.8, 4) is 17.2 Å². The van der Waals surface area contributed by atoms with Crippen LogP contribution < -0.4 is 14.8 Å². The first kappa shape index (κ1) is 21.4. The molecule has 0 aliphatic rings. The molecule has 0 atom stereocenters. The van der Waals surface area contributed by atoms with Gasteiger partial charge in [0, 0.05) is 11.1 Å². The fourth-order valence-electron chi connectivity index (χ4n) is 2.86. The molecule has 1 N–H and O–H groups in total. The summed E-state index contributed by atoms with van der Waals surface area (Å²) in [6.07, 6.45) is 0.0824. The Balaban J connectivity index is 1.80. The Morgan fingerprint density at radius 1 is 0.933 bits per heavy atom. The van der Waals surface area contributed by atoms with Crippen LogP contribution in [0.15, 0.2) is 72.8 Å². The Hall–Kier alpha value is -3.31. The SMILES string of the molecule is CCOc1ccc(C(=O)Nc2ccccc2Oc2ccccc2)cc1COC(C)C. The molecule has 5 nitrogen and oxygen atoms in total. The summed E-state index contributed by atoms with van der Waals surface area (Å²) in [4.78, 5) is 12.9. The van der Waals surface area contributed by atoms with Crippen molar-refractivity contribution in [2.45, 2.75) is 33.5 Å². The molecule has 0 heterocycles. The van der Waals surface area contributed by atoms with Crippen molar-refractivity contribution in [1.29, 1.82) is 0 Å². The van der Waals surface area contributed by atoms with Crippen LogP contribution >= 0.6 is 0 Å². The molecular formula is C25H27NO4. The summed E-state index contributed by atoms with van der Waals surface area (Å²) in [7, 11) is 0. The second kappa shape index (κ2) is 10.5. The summed E-state index contributed by atoms with van der Waals surface area (Å²) >= 11 is 0. The van der Waals surface area contributed by atoms with E-state index in [1.54, 1.807) is 6.07 Å². The predicted octanol–water partition coefficient (Wildman–Crippen LogP) is 6.05. The van der Waals surface area contributed by atoms with Gasteiger partial charge < -0.3 is 19.5 Å². The summed E-state index contributed by atoms with van der Waals surface area (Å²) in [5, 5.41) is 2.95. The van der Waals surface area contributed by atoms with Gasteiger partial charge in [-0.25, -0.2) is 0 Å². The number of anilines is 1. The number of carbonyl (C=O) groups is 1. The molecule has 0 radical (unpaired) electrons. The second-order valence-corrected chi connectivity index (χ2v) is 6.98. The quantitative estimate of drug-likeness (QED) is 0.470. The smallest absolute Gasteiger partial charge is 0.255 e. The van der Waals surface area contributed by atoms with Gasteiger partial charge in [0.1, 0.15) is 11.5 Å². The average molecular weight is 405 g/mol. The van der Waals surface area contributed by atoms with Crippen LogP contribution in [0.25, 0.3) is 0 Å². The maximum absolute atomic E-state index is 12.9. The van der Waals surface area contributed by atoms with E-state index in [0.717, 1.165) is 11.3 Å². The predicted molar refractivity (Wildman–Crippen MR) is 118 cm³/mol. The van der Waals surface area contributed by atoms with Crippen molar-refractivity contribution < 1.29 is 19.0 Å². The molecule has 1 amide bonds. The first-order valence-electron chi connectivity index (χ1n) is 10.1. The van der Waals surface area contributed by atoms with Crippen molar-refractivity contribution >= 4 is 11.6 Å². The zero-order valence-electron chi connectivity index (χ0n) is 17.6. The topological polar surface area (TPSA) is 56.8 Å². The minimum absolute atomic E-state index is 0.0824. The molecule has 5 heteroatoms. The van der Waals surface area contributed by atoms with E-state index in [9.17, 15) is 4.79 Å². The van der Waals surface area contributed by atoms with E-state index in [1.165, 1.54) is 0 Å². The molecule has 0 unspecified atom stereocenters. The lowest BCUT2D eigenvalue weighted by Crippen LogP contribution is -2.14. The van der Waals surface area contributed by atoms with Crippen molar-refractivity contribution in [2.75, 3.05) is 11.9 Å². The summed E-state index contributed by atoms with van der Waals surface area (Å²) < 4.78 is 17.3. The highest BCUT2D eigenvalue weighted by atomic mass is 16.5. The number of carbonyl (C=O) groups excluding carboxylic acids is 1. The molecule has 0 fully saturated rings. The molecule has 3 aromatic rings. The molecule has 30 heavy (non-hydrogen) atoms. The first-order valence-corrected chi connectivity index (χ1v) is 10.1. The molecule has 156 valence electrons. The Morgan fingerprint density at radius 2 is 1.67 bits per heavy atom. The summed E-state index contributed by atoms with van der Waals surface area (Å²) in [5.41, 5.74) is 1.96. The van der Waals surface area contributed by atoms with E-state index in [-0.39, 0.29) is 12.0 Å². The van der Waals surface area contributed by atoms with Crippen LogP contribution in [-0.2, 0) is 11.3 Å². The van der Waals surface area contributed by atoms with Crippen LogP contribution in [0.2, 0.25) is 0 Å². The number of hydrogen-bond acceptors (Lipinski definition) is 4. The number of para-hydroxylation sites is 3. The van der Waals surface area contributed by atoms with Gasteiger partial charge in [-0.15, -0.1) is 0 Å². The number of ether oxygens (including phenoxy) is 3. The lowest BCUT2D eigenvalue weighted by molar-refractivity contribution is 0.0641. The third-order valence-corrected chi connectivity index (χ3v) is 4.30. The van der Waals surface area contributed by atoms with Gasteiger partial charge in [-0.3, -0.25) is 4.79 Å².